The highest BCUT2D eigenvalue weighted by molar-refractivity contribution is 6.06. The number of amides is 1. The summed E-state index contributed by atoms with van der Waals surface area (Å²) in [6.45, 7) is 1.69. The highest BCUT2D eigenvalue weighted by atomic mass is 19.1. The third-order valence-corrected chi connectivity index (χ3v) is 4.15. The lowest BCUT2D eigenvalue weighted by Crippen LogP contribution is -2.77. The zero-order chi connectivity index (χ0) is 13.5. The molecule has 2 heterocycles. The van der Waals surface area contributed by atoms with Gasteiger partial charge in [0.05, 0.1) is 5.54 Å². The van der Waals surface area contributed by atoms with Gasteiger partial charge in [-0.1, -0.05) is 6.07 Å². The molecule has 1 N–H and O–H groups in total. The van der Waals surface area contributed by atoms with E-state index in [1.165, 1.54) is 12.1 Å². The van der Waals surface area contributed by atoms with E-state index in [-0.39, 0.29) is 17.3 Å². The molecule has 3 rings (SSSR count). The van der Waals surface area contributed by atoms with Gasteiger partial charge >= 0.3 is 0 Å². The topological polar surface area (TPSA) is 41.6 Å². The highest BCUT2D eigenvalue weighted by Crippen LogP contribution is 2.44. The number of carbonyl (C=O) groups excluding carboxylic acids is 1. The molecule has 102 valence electrons. The van der Waals surface area contributed by atoms with Gasteiger partial charge in [0.1, 0.15) is 5.82 Å². The minimum atomic E-state index is -0.405. The standard InChI is InChI=1S/C14H17FN2O2/c1-19-12-13(18)17(11-4-2-3-10(15)9-11)14(12)5-7-16-8-6-14/h2-4,9,12,16H,5-8H2,1H3/t12-/m1/s1. The van der Waals surface area contributed by atoms with Crippen LogP contribution in [0.2, 0.25) is 0 Å². The van der Waals surface area contributed by atoms with Crippen molar-refractivity contribution in [2.75, 3.05) is 25.1 Å². The van der Waals surface area contributed by atoms with Crippen LogP contribution in [0.1, 0.15) is 12.8 Å². The SMILES string of the molecule is CO[C@@H]1C(=O)N(c2cccc(F)c2)C12CCNCC2. The van der Waals surface area contributed by atoms with Crippen LogP contribution in [-0.2, 0) is 9.53 Å². The van der Waals surface area contributed by atoms with Gasteiger partial charge < -0.3 is 15.0 Å². The molecule has 2 aliphatic heterocycles. The quantitative estimate of drug-likeness (QED) is 0.819. The Kier molecular flexibility index (Phi) is 3.03. The van der Waals surface area contributed by atoms with Crippen LogP contribution in [0.15, 0.2) is 24.3 Å². The Morgan fingerprint density at radius 1 is 1.42 bits per heavy atom. The number of carbonyl (C=O) groups is 1. The molecule has 0 unspecified atom stereocenters. The van der Waals surface area contributed by atoms with Gasteiger partial charge in [0.2, 0.25) is 0 Å². The maximum absolute atomic E-state index is 13.4. The number of hydrogen-bond donors (Lipinski definition) is 1. The molecule has 2 fully saturated rings. The van der Waals surface area contributed by atoms with E-state index in [0.717, 1.165) is 25.9 Å². The van der Waals surface area contributed by atoms with Gasteiger partial charge in [-0.2, -0.15) is 0 Å². The van der Waals surface area contributed by atoms with Crippen molar-refractivity contribution < 1.29 is 13.9 Å². The number of β-lactam (4-membered cyclic amide) rings is 1. The van der Waals surface area contributed by atoms with Crippen LogP contribution in [0.3, 0.4) is 0 Å². The number of nitrogens with zero attached hydrogens (tertiary/aromatic N) is 1. The monoisotopic (exact) mass is 264 g/mol. The van der Waals surface area contributed by atoms with Crippen LogP contribution < -0.4 is 10.2 Å². The summed E-state index contributed by atoms with van der Waals surface area (Å²) in [4.78, 5) is 13.9. The van der Waals surface area contributed by atoms with Crippen LogP contribution in [-0.4, -0.2) is 37.7 Å². The smallest absolute Gasteiger partial charge is 0.259 e. The summed E-state index contributed by atoms with van der Waals surface area (Å²) in [5.41, 5.74) is 0.311. The first-order chi connectivity index (χ1) is 9.19. The van der Waals surface area contributed by atoms with E-state index in [0.29, 0.717) is 5.69 Å². The zero-order valence-corrected chi connectivity index (χ0v) is 10.9. The number of nitrogens with one attached hydrogen (secondary N) is 1. The maximum atomic E-state index is 13.4. The molecule has 1 spiro atoms. The van der Waals surface area contributed by atoms with Crippen molar-refractivity contribution in [1.82, 2.24) is 5.32 Å². The van der Waals surface area contributed by atoms with Crippen LogP contribution in [0.4, 0.5) is 10.1 Å². The molecule has 4 nitrogen and oxygen atoms in total. The summed E-state index contributed by atoms with van der Waals surface area (Å²) in [7, 11) is 1.56. The van der Waals surface area contributed by atoms with Gasteiger partial charge in [-0.05, 0) is 44.1 Å². The number of piperidine rings is 1. The minimum Gasteiger partial charge on any atom is -0.369 e. The third kappa shape index (κ3) is 1.76. The molecule has 19 heavy (non-hydrogen) atoms. The van der Waals surface area contributed by atoms with Crippen molar-refractivity contribution in [2.45, 2.75) is 24.5 Å². The Bertz CT molecular complexity index is 500. The number of benzene rings is 1. The maximum Gasteiger partial charge on any atom is 0.259 e. The van der Waals surface area contributed by atoms with E-state index in [1.807, 2.05) is 0 Å². The van der Waals surface area contributed by atoms with E-state index < -0.39 is 6.10 Å². The summed E-state index contributed by atoms with van der Waals surface area (Å²) in [5, 5.41) is 3.28. The van der Waals surface area contributed by atoms with Crippen molar-refractivity contribution in [1.29, 1.82) is 0 Å². The molecule has 2 aliphatic rings. The predicted octanol–water partition coefficient (Wildman–Crippen LogP) is 1.31. The predicted molar refractivity (Wildman–Crippen MR) is 69.5 cm³/mol. The molecule has 0 aliphatic carbocycles. The number of rotatable bonds is 2. The molecular formula is C14H17FN2O2. The normalized spacial score (nSPS) is 25.5. The lowest BCUT2D eigenvalue weighted by atomic mass is 9.73. The second-order valence-electron chi connectivity index (χ2n) is 5.12. The largest absolute Gasteiger partial charge is 0.369 e. The minimum absolute atomic E-state index is 0.0741. The Hall–Kier alpha value is -1.46. The van der Waals surface area contributed by atoms with Gasteiger partial charge in [0.25, 0.3) is 5.91 Å². The van der Waals surface area contributed by atoms with E-state index in [9.17, 15) is 9.18 Å². The van der Waals surface area contributed by atoms with Crippen LogP contribution in [0.5, 0.6) is 0 Å². The number of anilines is 1. The Balaban J connectivity index is 1.97. The molecule has 1 aromatic carbocycles. The molecule has 1 amide bonds. The van der Waals surface area contributed by atoms with Gasteiger partial charge in [-0.15, -0.1) is 0 Å². The van der Waals surface area contributed by atoms with Crippen LogP contribution in [0, 0.1) is 5.82 Å². The summed E-state index contributed by atoms with van der Waals surface area (Å²) < 4.78 is 18.7. The number of halogens is 1. The van der Waals surface area contributed by atoms with E-state index >= 15 is 0 Å². The van der Waals surface area contributed by atoms with E-state index in [2.05, 4.69) is 5.32 Å². The highest BCUT2D eigenvalue weighted by Gasteiger charge is 2.61. The lowest BCUT2D eigenvalue weighted by molar-refractivity contribution is -0.149. The Labute approximate surface area is 111 Å². The average molecular weight is 264 g/mol. The van der Waals surface area contributed by atoms with Gasteiger partial charge in [0, 0.05) is 12.8 Å². The molecule has 0 radical (unpaired) electrons. The Morgan fingerprint density at radius 3 is 2.79 bits per heavy atom. The van der Waals surface area contributed by atoms with Crippen LogP contribution in [0.25, 0.3) is 0 Å². The van der Waals surface area contributed by atoms with Crippen molar-refractivity contribution in [3.63, 3.8) is 0 Å². The molecule has 0 bridgehead atoms. The summed E-state index contributed by atoms with van der Waals surface area (Å²) in [6, 6.07) is 6.20. The molecule has 5 heteroatoms. The fourth-order valence-electron chi connectivity index (χ4n) is 3.28. The fraction of sp³-hybridized carbons (Fsp3) is 0.500. The number of methoxy groups -OCH3 is 1. The zero-order valence-electron chi connectivity index (χ0n) is 10.9. The van der Waals surface area contributed by atoms with Crippen LogP contribution >= 0.6 is 0 Å². The van der Waals surface area contributed by atoms with Gasteiger partial charge in [-0.25, -0.2) is 4.39 Å². The molecule has 0 aromatic heterocycles. The fourth-order valence-corrected chi connectivity index (χ4v) is 3.28. The average Bonchev–Trinajstić information content (AvgIpc) is 2.40. The Morgan fingerprint density at radius 2 is 2.16 bits per heavy atom. The van der Waals surface area contributed by atoms with Crippen molar-refractivity contribution in [2.24, 2.45) is 0 Å². The molecule has 1 atom stereocenters. The second-order valence-corrected chi connectivity index (χ2v) is 5.12. The summed E-state index contributed by atoms with van der Waals surface area (Å²) in [6.07, 6.45) is 1.25. The molecule has 2 saturated heterocycles. The summed E-state index contributed by atoms with van der Waals surface area (Å²) >= 11 is 0. The van der Waals surface area contributed by atoms with E-state index in [4.69, 9.17) is 4.74 Å². The molecular weight excluding hydrogens is 247 g/mol. The van der Waals surface area contributed by atoms with Gasteiger partial charge in [-0.3, -0.25) is 4.79 Å². The third-order valence-electron chi connectivity index (χ3n) is 4.15. The summed E-state index contributed by atoms with van der Waals surface area (Å²) in [5.74, 6) is -0.398. The van der Waals surface area contributed by atoms with E-state index in [1.54, 1.807) is 24.1 Å². The van der Waals surface area contributed by atoms with Crippen molar-refractivity contribution in [3.8, 4) is 0 Å². The second kappa shape index (κ2) is 4.58. The number of hydrogen-bond acceptors (Lipinski definition) is 3. The first kappa shape index (κ1) is 12.6. The first-order valence-corrected chi connectivity index (χ1v) is 6.52. The van der Waals surface area contributed by atoms with Crippen molar-refractivity contribution >= 4 is 11.6 Å². The molecule has 0 saturated carbocycles. The lowest BCUT2D eigenvalue weighted by Gasteiger charge is -2.58. The molecule has 1 aromatic rings. The first-order valence-electron chi connectivity index (χ1n) is 6.52. The van der Waals surface area contributed by atoms with Gasteiger partial charge in [0.15, 0.2) is 6.10 Å². The number of ether oxygens (including phenoxy) is 1. The van der Waals surface area contributed by atoms with Crippen molar-refractivity contribution in [3.05, 3.63) is 30.1 Å².